The molecule has 2 atom stereocenters. The molecule has 2 aliphatic rings. The lowest BCUT2D eigenvalue weighted by Crippen LogP contribution is -2.35. The first kappa shape index (κ1) is 14.6. The van der Waals surface area contributed by atoms with Gasteiger partial charge in [0.15, 0.2) is 5.82 Å². The molecule has 0 aromatic carbocycles. The summed E-state index contributed by atoms with van der Waals surface area (Å²) in [5.41, 5.74) is 0.907. The number of methoxy groups -OCH3 is 1. The van der Waals surface area contributed by atoms with Gasteiger partial charge in [-0.1, -0.05) is 11.2 Å². The predicted molar refractivity (Wildman–Crippen MR) is 81.1 cm³/mol. The molecule has 0 spiro atoms. The van der Waals surface area contributed by atoms with Crippen molar-refractivity contribution in [2.45, 2.75) is 18.9 Å². The Morgan fingerprint density at radius 3 is 3.17 bits per heavy atom. The maximum Gasteiger partial charge on any atom is 0.236 e. The molecule has 7 nitrogen and oxygen atoms in total. The Morgan fingerprint density at radius 1 is 1.48 bits per heavy atom. The largest absolute Gasteiger partial charge is 0.481 e. The Kier molecular flexibility index (Phi) is 3.54. The third kappa shape index (κ3) is 2.40. The van der Waals surface area contributed by atoms with Crippen molar-refractivity contribution < 1.29 is 14.0 Å². The molecular formula is C16H20N4O3. The molecule has 23 heavy (non-hydrogen) atoms. The highest BCUT2D eigenvalue weighted by Crippen LogP contribution is 2.43. The normalized spacial score (nSPS) is 27.3. The molecular weight excluding hydrogens is 296 g/mol. The zero-order valence-electron chi connectivity index (χ0n) is 13.4. The number of nitrogens with zero attached hydrogens (tertiary/aromatic N) is 4. The van der Waals surface area contributed by atoms with Crippen LogP contribution < -0.4 is 4.74 Å². The van der Waals surface area contributed by atoms with Crippen LogP contribution in [0, 0.1) is 12.8 Å². The van der Waals surface area contributed by atoms with Gasteiger partial charge in [0, 0.05) is 37.3 Å². The molecule has 2 saturated heterocycles. The molecule has 2 aromatic heterocycles. The van der Waals surface area contributed by atoms with Gasteiger partial charge in [-0.25, -0.2) is 4.98 Å². The second-order valence-corrected chi connectivity index (χ2v) is 6.36. The van der Waals surface area contributed by atoms with Crippen molar-refractivity contribution in [3.63, 3.8) is 0 Å². The van der Waals surface area contributed by atoms with Gasteiger partial charge in [-0.2, -0.15) is 4.98 Å². The first-order valence-corrected chi connectivity index (χ1v) is 7.80. The van der Waals surface area contributed by atoms with Crippen molar-refractivity contribution in [2.24, 2.45) is 5.92 Å². The highest BCUT2D eigenvalue weighted by Gasteiger charge is 2.55. The summed E-state index contributed by atoms with van der Waals surface area (Å²) in [5.74, 6) is 2.44. The Balaban J connectivity index is 1.58. The third-order valence-corrected chi connectivity index (χ3v) is 4.84. The number of pyridine rings is 1. The molecule has 2 aliphatic heterocycles. The molecule has 0 aliphatic carbocycles. The zero-order valence-corrected chi connectivity index (χ0v) is 13.4. The summed E-state index contributed by atoms with van der Waals surface area (Å²) in [6, 6.07) is 3.99. The summed E-state index contributed by atoms with van der Waals surface area (Å²) >= 11 is 0. The van der Waals surface area contributed by atoms with Gasteiger partial charge >= 0.3 is 0 Å². The van der Waals surface area contributed by atoms with Crippen molar-refractivity contribution in [1.29, 1.82) is 0 Å². The summed E-state index contributed by atoms with van der Waals surface area (Å²) in [7, 11) is 1.65. The first-order valence-electron chi connectivity index (χ1n) is 7.80. The lowest BCUT2D eigenvalue weighted by atomic mass is 9.81. The Labute approximate surface area is 134 Å². The minimum atomic E-state index is -0.184. The van der Waals surface area contributed by atoms with E-state index in [1.54, 1.807) is 13.3 Å². The second-order valence-electron chi connectivity index (χ2n) is 6.36. The van der Waals surface area contributed by atoms with Gasteiger partial charge in [0.25, 0.3) is 0 Å². The van der Waals surface area contributed by atoms with Crippen LogP contribution in [-0.4, -0.2) is 53.4 Å². The smallest absolute Gasteiger partial charge is 0.236 e. The number of hydrogen-bond donors (Lipinski definition) is 0. The van der Waals surface area contributed by atoms with Gasteiger partial charge in [0.1, 0.15) is 0 Å². The van der Waals surface area contributed by atoms with E-state index < -0.39 is 0 Å². The standard InChI is InChI=1S/C16H20N4O3/c1-11-18-15(23-19-11)16-9-20(7-13(16)8-22-10-16)6-12-4-3-5-17-14(12)21-2/h3-5,13H,6-10H2,1-2H3/t13-,16-/m1/s1. The molecule has 7 heteroatoms. The quantitative estimate of drug-likeness (QED) is 0.838. The summed E-state index contributed by atoms with van der Waals surface area (Å²) in [6.07, 6.45) is 1.75. The van der Waals surface area contributed by atoms with E-state index in [9.17, 15) is 0 Å². The van der Waals surface area contributed by atoms with Crippen LogP contribution in [0.4, 0.5) is 0 Å². The summed E-state index contributed by atoms with van der Waals surface area (Å²) < 4.78 is 16.6. The van der Waals surface area contributed by atoms with Crippen molar-refractivity contribution in [3.8, 4) is 5.88 Å². The Hall–Kier alpha value is -1.99. The summed E-state index contributed by atoms with van der Waals surface area (Å²) in [5, 5.41) is 3.96. The molecule has 0 radical (unpaired) electrons. The van der Waals surface area contributed by atoms with Gasteiger partial charge in [-0.05, 0) is 13.0 Å². The average Bonchev–Trinajstić information content (AvgIpc) is 3.22. The van der Waals surface area contributed by atoms with E-state index in [0.717, 1.165) is 31.8 Å². The molecule has 2 fully saturated rings. The lowest BCUT2D eigenvalue weighted by molar-refractivity contribution is 0.137. The molecule has 0 unspecified atom stereocenters. The van der Waals surface area contributed by atoms with Crippen LogP contribution in [-0.2, 0) is 16.7 Å². The van der Waals surface area contributed by atoms with Crippen LogP contribution in [0.25, 0.3) is 0 Å². The van der Waals surface area contributed by atoms with Crippen LogP contribution in [0.5, 0.6) is 5.88 Å². The zero-order chi connectivity index (χ0) is 15.9. The number of aryl methyl sites for hydroxylation is 1. The minimum Gasteiger partial charge on any atom is -0.481 e. The number of fused-ring (bicyclic) bond motifs is 1. The van der Waals surface area contributed by atoms with E-state index in [1.165, 1.54) is 0 Å². The van der Waals surface area contributed by atoms with E-state index in [1.807, 2.05) is 13.0 Å². The number of rotatable bonds is 4. The van der Waals surface area contributed by atoms with Gasteiger partial charge < -0.3 is 14.0 Å². The molecule has 0 N–H and O–H groups in total. The molecule has 0 saturated carbocycles. The monoisotopic (exact) mass is 316 g/mol. The number of likely N-dealkylation sites (tertiary alicyclic amines) is 1. The fourth-order valence-electron chi connectivity index (χ4n) is 3.73. The average molecular weight is 316 g/mol. The number of aromatic nitrogens is 3. The molecule has 0 amide bonds. The predicted octanol–water partition coefficient (Wildman–Crippen LogP) is 1.18. The van der Waals surface area contributed by atoms with Crippen LogP contribution in [0.1, 0.15) is 17.3 Å². The molecule has 4 heterocycles. The van der Waals surface area contributed by atoms with E-state index in [0.29, 0.717) is 30.1 Å². The fraction of sp³-hybridized carbons (Fsp3) is 0.562. The summed E-state index contributed by atoms with van der Waals surface area (Å²) in [4.78, 5) is 11.2. The van der Waals surface area contributed by atoms with E-state index in [4.69, 9.17) is 14.0 Å². The fourth-order valence-corrected chi connectivity index (χ4v) is 3.73. The highest BCUT2D eigenvalue weighted by atomic mass is 16.5. The van der Waals surface area contributed by atoms with Crippen LogP contribution >= 0.6 is 0 Å². The van der Waals surface area contributed by atoms with Crippen molar-refractivity contribution in [2.75, 3.05) is 33.4 Å². The lowest BCUT2D eigenvalue weighted by Gasteiger charge is -2.23. The van der Waals surface area contributed by atoms with Crippen LogP contribution in [0.15, 0.2) is 22.9 Å². The highest BCUT2D eigenvalue weighted by molar-refractivity contribution is 5.26. The van der Waals surface area contributed by atoms with Crippen molar-refractivity contribution in [3.05, 3.63) is 35.6 Å². The maximum atomic E-state index is 5.73. The first-order chi connectivity index (χ1) is 11.2. The van der Waals surface area contributed by atoms with Crippen LogP contribution in [0.3, 0.4) is 0 Å². The topological polar surface area (TPSA) is 73.5 Å². The number of ether oxygens (including phenoxy) is 2. The van der Waals surface area contributed by atoms with E-state index >= 15 is 0 Å². The molecule has 0 bridgehead atoms. The van der Waals surface area contributed by atoms with Gasteiger partial charge in [-0.3, -0.25) is 4.90 Å². The maximum absolute atomic E-state index is 5.73. The van der Waals surface area contributed by atoms with E-state index in [2.05, 4.69) is 26.1 Å². The van der Waals surface area contributed by atoms with Gasteiger partial charge in [-0.15, -0.1) is 0 Å². The van der Waals surface area contributed by atoms with Crippen molar-refractivity contribution >= 4 is 0 Å². The molecule has 122 valence electrons. The Morgan fingerprint density at radius 2 is 2.39 bits per heavy atom. The van der Waals surface area contributed by atoms with Crippen LogP contribution in [0.2, 0.25) is 0 Å². The van der Waals surface area contributed by atoms with Crippen molar-refractivity contribution in [1.82, 2.24) is 20.0 Å². The second kappa shape index (κ2) is 5.58. The minimum absolute atomic E-state index is 0.184. The molecule has 2 aromatic rings. The van der Waals surface area contributed by atoms with Gasteiger partial charge in [0.2, 0.25) is 11.8 Å². The van der Waals surface area contributed by atoms with Gasteiger partial charge in [0.05, 0.1) is 25.7 Å². The van der Waals surface area contributed by atoms with E-state index in [-0.39, 0.29) is 5.41 Å². The summed E-state index contributed by atoms with van der Waals surface area (Å²) in [6.45, 7) is 5.81. The third-order valence-electron chi connectivity index (χ3n) is 4.84. The Bertz CT molecular complexity index is 704. The number of hydrogen-bond acceptors (Lipinski definition) is 7. The SMILES string of the molecule is COc1ncccc1CN1C[C@@H]2COC[C@]2(c2nc(C)no2)C1. The molecule has 4 rings (SSSR count).